The van der Waals surface area contributed by atoms with Crippen LogP contribution in [0.2, 0.25) is 0 Å². The standard InChI is InChI=1S/C24H43N3OS/c1-3-4-5-6-7-8-9-10-11-12-17-25-24(29)27(21-23-14-13-20-28-23)22-15-18-26(2)19-16-22/h13-14,20,22H,3-12,15-19,21H2,1-2H3,(H,25,29). The Hall–Kier alpha value is -1.07. The summed E-state index contributed by atoms with van der Waals surface area (Å²) in [5, 5.41) is 4.43. The van der Waals surface area contributed by atoms with E-state index in [9.17, 15) is 0 Å². The number of hydrogen-bond acceptors (Lipinski definition) is 3. The average Bonchev–Trinajstić information content (AvgIpc) is 3.24. The van der Waals surface area contributed by atoms with Gasteiger partial charge in [0.05, 0.1) is 12.8 Å². The molecule has 0 spiro atoms. The minimum Gasteiger partial charge on any atom is -0.467 e. The van der Waals surface area contributed by atoms with Gasteiger partial charge in [-0.05, 0) is 63.8 Å². The van der Waals surface area contributed by atoms with Gasteiger partial charge in [-0.15, -0.1) is 0 Å². The third kappa shape index (κ3) is 9.99. The fourth-order valence-corrected chi connectivity index (χ4v) is 4.47. The van der Waals surface area contributed by atoms with E-state index in [0.717, 1.165) is 49.9 Å². The Morgan fingerprint density at radius 3 is 2.28 bits per heavy atom. The van der Waals surface area contributed by atoms with Crippen LogP contribution in [0.5, 0.6) is 0 Å². The molecule has 0 saturated carbocycles. The molecule has 0 unspecified atom stereocenters. The second kappa shape index (κ2) is 14.8. The van der Waals surface area contributed by atoms with Crippen molar-refractivity contribution in [1.29, 1.82) is 0 Å². The quantitative estimate of drug-likeness (QED) is 0.295. The van der Waals surface area contributed by atoms with Gasteiger partial charge in [-0.25, -0.2) is 0 Å². The van der Waals surface area contributed by atoms with Crippen molar-refractivity contribution in [3.05, 3.63) is 24.2 Å². The van der Waals surface area contributed by atoms with E-state index in [4.69, 9.17) is 16.6 Å². The van der Waals surface area contributed by atoms with Gasteiger partial charge in [0, 0.05) is 12.6 Å². The maximum absolute atomic E-state index is 5.79. The van der Waals surface area contributed by atoms with Crippen LogP contribution in [-0.4, -0.2) is 47.6 Å². The van der Waals surface area contributed by atoms with Crippen LogP contribution in [0, 0.1) is 0 Å². The van der Waals surface area contributed by atoms with E-state index in [0.29, 0.717) is 6.04 Å². The summed E-state index contributed by atoms with van der Waals surface area (Å²) in [6.07, 6.45) is 17.7. The highest BCUT2D eigenvalue weighted by molar-refractivity contribution is 7.80. The predicted molar refractivity (Wildman–Crippen MR) is 127 cm³/mol. The zero-order valence-electron chi connectivity index (χ0n) is 18.8. The molecule has 0 radical (unpaired) electrons. The molecule has 1 N–H and O–H groups in total. The van der Waals surface area contributed by atoms with Crippen molar-refractivity contribution in [3.63, 3.8) is 0 Å². The molecule has 0 aliphatic carbocycles. The molecule has 5 heteroatoms. The molecule has 1 aliphatic rings. The number of likely N-dealkylation sites (tertiary alicyclic amines) is 1. The second-order valence-electron chi connectivity index (χ2n) is 8.66. The first-order chi connectivity index (χ1) is 14.2. The van der Waals surface area contributed by atoms with E-state index in [2.05, 4.69) is 29.1 Å². The highest BCUT2D eigenvalue weighted by Crippen LogP contribution is 2.19. The van der Waals surface area contributed by atoms with Crippen LogP contribution in [0.4, 0.5) is 0 Å². The molecule has 0 atom stereocenters. The minimum absolute atomic E-state index is 0.504. The Bertz CT molecular complexity index is 526. The molecular formula is C24H43N3OS. The molecule has 4 nitrogen and oxygen atoms in total. The van der Waals surface area contributed by atoms with E-state index < -0.39 is 0 Å². The first-order valence-corrected chi connectivity index (χ1v) is 12.4. The third-order valence-electron chi connectivity index (χ3n) is 6.10. The summed E-state index contributed by atoms with van der Waals surface area (Å²) in [5.41, 5.74) is 0. The Morgan fingerprint density at radius 2 is 1.69 bits per heavy atom. The number of nitrogens with zero attached hydrogens (tertiary/aromatic N) is 2. The number of furan rings is 1. The van der Waals surface area contributed by atoms with E-state index >= 15 is 0 Å². The van der Waals surface area contributed by atoms with Crippen LogP contribution in [0.15, 0.2) is 22.8 Å². The highest BCUT2D eigenvalue weighted by atomic mass is 32.1. The molecule has 2 rings (SSSR count). The average molecular weight is 422 g/mol. The largest absolute Gasteiger partial charge is 0.467 e. The summed E-state index contributed by atoms with van der Waals surface area (Å²) >= 11 is 5.79. The number of nitrogens with one attached hydrogen (secondary N) is 1. The first-order valence-electron chi connectivity index (χ1n) is 12.0. The Labute approximate surface area is 184 Å². The van der Waals surface area contributed by atoms with Crippen LogP contribution in [-0.2, 0) is 6.54 Å². The van der Waals surface area contributed by atoms with Crippen molar-refractivity contribution in [2.75, 3.05) is 26.7 Å². The Balaban J connectivity index is 1.62. The lowest BCUT2D eigenvalue weighted by Crippen LogP contribution is -2.49. The molecule has 166 valence electrons. The van der Waals surface area contributed by atoms with Crippen molar-refractivity contribution < 1.29 is 4.42 Å². The topological polar surface area (TPSA) is 31.6 Å². The van der Waals surface area contributed by atoms with Gasteiger partial charge >= 0.3 is 0 Å². The number of hydrogen-bond donors (Lipinski definition) is 1. The summed E-state index contributed by atoms with van der Waals surface area (Å²) in [6.45, 7) is 6.31. The van der Waals surface area contributed by atoms with Crippen molar-refractivity contribution in [3.8, 4) is 0 Å². The zero-order chi connectivity index (χ0) is 20.7. The molecule has 2 heterocycles. The molecule has 1 aliphatic heterocycles. The van der Waals surface area contributed by atoms with Gasteiger partial charge in [0.1, 0.15) is 5.76 Å². The van der Waals surface area contributed by atoms with Gasteiger partial charge in [0.15, 0.2) is 5.11 Å². The van der Waals surface area contributed by atoms with Crippen LogP contribution in [0.3, 0.4) is 0 Å². The molecular weight excluding hydrogens is 378 g/mol. The van der Waals surface area contributed by atoms with Crippen LogP contribution < -0.4 is 5.32 Å². The van der Waals surface area contributed by atoms with Gasteiger partial charge in [0.25, 0.3) is 0 Å². The van der Waals surface area contributed by atoms with Gasteiger partial charge in [-0.2, -0.15) is 0 Å². The summed E-state index contributed by atoms with van der Waals surface area (Å²) in [6, 6.07) is 4.51. The van der Waals surface area contributed by atoms with Gasteiger partial charge in [-0.3, -0.25) is 0 Å². The Kier molecular flexibility index (Phi) is 12.4. The lowest BCUT2D eigenvalue weighted by molar-refractivity contribution is 0.165. The summed E-state index contributed by atoms with van der Waals surface area (Å²) in [4.78, 5) is 4.76. The minimum atomic E-state index is 0.504. The molecule has 0 aromatic carbocycles. The number of rotatable bonds is 14. The molecule has 1 aromatic rings. The summed E-state index contributed by atoms with van der Waals surface area (Å²) in [7, 11) is 2.20. The number of piperidine rings is 1. The predicted octanol–water partition coefficient (Wildman–Crippen LogP) is 5.97. The fourth-order valence-electron chi connectivity index (χ4n) is 4.15. The molecule has 0 amide bonds. The van der Waals surface area contributed by atoms with Crippen LogP contribution in [0.25, 0.3) is 0 Å². The molecule has 1 saturated heterocycles. The zero-order valence-corrected chi connectivity index (χ0v) is 19.7. The maximum Gasteiger partial charge on any atom is 0.169 e. The smallest absolute Gasteiger partial charge is 0.169 e. The number of unbranched alkanes of at least 4 members (excludes halogenated alkanes) is 9. The summed E-state index contributed by atoms with van der Waals surface area (Å²) in [5.74, 6) is 0.993. The van der Waals surface area contributed by atoms with Gasteiger partial charge in [0.2, 0.25) is 0 Å². The SMILES string of the molecule is CCCCCCCCCCCCNC(=S)N(Cc1ccco1)C1CCN(C)CC1. The fraction of sp³-hybridized carbons (Fsp3) is 0.792. The van der Waals surface area contributed by atoms with Crippen molar-refractivity contribution in [2.45, 2.75) is 96.6 Å². The summed E-state index contributed by atoms with van der Waals surface area (Å²) < 4.78 is 5.60. The Morgan fingerprint density at radius 1 is 1.07 bits per heavy atom. The van der Waals surface area contributed by atoms with Crippen molar-refractivity contribution >= 4 is 17.3 Å². The normalized spacial score (nSPS) is 15.5. The molecule has 29 heavy (non-hydrogen) atoms. The van der Waals surface area contributed by atoms with E-state index in [-0.39, 0.29) is 0 Å². The van der Waals surface area contributed by atoms with E-state index in [1.54, 1.807) is 6.26 Å². The third-order valence-corrected chi connectivity index (χ3v) is 6.48. The van der Waals surface area contributed by atoms with Crippen molar-refractivity contribution in [2.24, 2.45) is 0 Å². The van der Waals surface area contributed by atoms with E-state index in [1.165, 1.54) is 64.2 Å². The highest BCUT2D eigenvalue weighted by Gasteiger charge is 2.25. The van der Waals surface area contributed by atoms with Gasteiger partial charge < -0.3 is 19.5 Å². The number of thiocarbonyl (C=S) groups is 1. The van der Waals surface area contributed by atoms with Crippen LogP contribution in [0.1, 0.15) is 89.7 Å². The monoisotopic (exact) mass is 421 g/mol. The van der Waals surface area contributed by atoms with Crippen molar-refractivity contribution in [1.82, 2.24) is 15.1 Å². The molecule has 1 fully saturated rings. The van der Waals surface area contributed by atoms with E-state index in [1.807, 2.05) is 12.1 Å². The molecule has 1 aromatic heterocycles. The first kappa shape index (κ1) is 24.2. The molecule has 0 bridgehead atoms. The van der Waals surface area contributed by atoms with Crippen LogP contribution >= 0.6 is 12.2 Å². The second-order valence-corrected chi connectivity index (χ2v) is 9.04. The van der Waals surface area contributed by atoms with Gasteiger partial charge in [-0.1, -0.05) is 64.7 Å². The maximum atomic E-state index is 5.79. The lowest BCUT2D eigenvalue weighted by atomic mass is 10.0. The lowest BCUT2D eigenvalue weighted by Gasteiger charge is -2.38.